The van der Waals surface area contributed by atoms with Gasteiger partial charge in [-0.1, -0.05) is 12.5 Å². The van der Waals surface area contributed by atoms with Crippen LogP contribution in [0.4, 0.5) is 0 Å². The summed E-state index contributed by atoms with van der Waals surface area (Å²) >= 11 is 0. The fraction of sp³-hybridized carbons (Fsp3) is 0.714. The first-order valence-corrected chi connectivity index (χ1v) is 6.22. The molecular formula is C14H18O2. The largest absolute Gasteiger partial charge is 0.300 e. The number of Topliss-reactive ketones (excluding diaryl/α,β-unsaturated/α-hetero) is 1. The molecule has 0 spiro atoms. The van der Waals surface area contributed by atoms with E-state index < -0.39 is 0 Å². The Morgan fingerprint density at radius 1 is 1.31 bits per heavy atom. The summed E-state index contributed by atoms with van der Waals surface area (Å²) in [5, 5.41) is 0. The van der Waals surface area contributed by atoms with E-state index in [1.54, 1.807) is 0 Å². The van der Waals surface area contributed by atoms with E-state index in [0.29, 0.717) is 36.4 Å². The molecule has 0 radical (unpaired) electrons. The molecule has 0 aliphatic heterocycles. The fourth-order valence-electron chi connectivity index (χ4n) is 4.69. The van der Waals surface area contributed by atoms with Gasteiger partial charge in [-0.05, 0) is 42.6 Å². The molecule has 3 aliphatic rings. The molecule has 2 nitrogen and oxygen atoms in total. The molecule has 16 heavy (non-hydrogen) atoms. The van der Waals surface area contributed by atoms with Crippen LogP contribution in [0.1, 0.15) is 39.5 Å². The van der Waals surface area contributed by atoms with Gasteiger partial charge in [0.2, 0.25) is 0 Å². The van der Waals surface area contributed by atoms with Crippen molar-refractivity contribution in [3.63, 3.8) is 0 Å². The third kappa shape index (κ3) is 1.25. The van der Waals surface area contributed by atoms with Crippen LogP contribution in [0.25, 0.3) is 0 Å². The van der Waals surface area contributed by atoms with Crippen molar-refractivity contribution < 1.29 is 9.59 Å². The molecule has 0 aromatic heterocycles. The molecule has 86 valence electrons. The van der Waals surface area contributed by atoms with E-state index in [4.69, 9.17) is 0 Å². The quantitative estimate of drug-likeness (QED) is 0.626. The van der Waals surface area contributed by atoms with Gasteiger partial charge in [-0.3, -0.25) is 9.59 Å². The fourth-order valence-corrected chi connectivity index (χ4v) is 4.69. The van der Waals surface area contributed by atoms with Gasteiger partial charge in [-0.15, -0.1) is 0 Å². The highest BCUT2D eigenvalue weighted by molar-refractivity contribution is 5.91. The van der Waals surface area contributed by atoms with Crippen molar-refractivity contribution in [2.24, 2.45) is 23.2 Å². The molecule has 0 saturated heterocycles. The van der Waals surface area contributed by atoms with Crippen molar-refractivity contribution in [2.75, 3.05) is 0 Å². The topological polar surface area (TPSA) is 34.1 Å². The Hall–Kier alpha value is -0.920. The monoisotopic (exact) mass is 218 g/mol. The molecule has 4 bridgehead atoms. The Labute approximate surface area is 96.1 Å². The minimum absolute atomic E-state index is 0.145. The summed E-state index contributed by atoms with van der Waals surface area (Å²) in [6.45, 7) is 4.33. The Kier molecular flexibility index (Phi) is 1.96. The Bertz CT molecular complexity index is 407. The van der Waals surface area contributed by atoms with Crippen LogP contribution in [-0.2, 0) is 9.59 Å². The molecular weight excluding hydrogens is 200 g/mol. The maximum absolute atomic E-state index is 11.8. The molecule has 0 heterocycles. The lowest BCUT2D eigenvalue weighted by Crippen LogP contribution is -2.35. The second-order valence-corrected chi connectivity index (χ2v) is 6.24. The SMILES string of the molecule is CC1=CC(=O)CC2C[C@]3(C)CC(=O)C[C@@H]2[C@@H]13. The zero-order chi connectivity index (χ0) is 11.5. The lowest BCUT2D eigenvalue weighted by molar-refractivity contribution is -0.125. The van der Waals surface area contributed by atoms with Gasteiger partial charge in [-0.2, -0.15) is 0 Å². The molecule has 0 aromatic rings. The zero-order valence-electron chi connectivity index (χ0n) is 9.95. The van der Waals surface area contributed by atoms with E-state index in [1.807, 2.05) is 6.08 Å². The molecule has 3 rings (SSSR count). The predicted octanol–water partition coefficient (Wildman–Crippen LogP) is 2.53. The number of hydrogen-bond donors (Lipinski definition) is 0. The molecule has 0 amide bonds. The van der Waals surface area contributed by atoms with Crippen LogP contribution in [-0.4, -0.2) is 11.6 Å². The first-order valence-electron chi connectivity index (χ1n) is 6.22. The Morgan fingerprint density at radius 2 is 2.06 bits per heavy atom. The predicted molar refractivity (Wildman–Crippen MR) is 60.8 cm³/mol. The number of hydrogen-bond acceptors (Lipinski definition) is 2. The van der Waals surface area contributed by atoms with E-state index >= 15 is 0 Å². The van der Waals surface area contributed by atoms with E-state index in [1.165, 1.54) is 5.57 Å². The summed E-state index contributed by atoms with van der Waals surface area (Å²) in [4.78, 5) is 23.5. The molecule has 0 N–H and O–H groups in total. The highest BCUT2D eigenvalue weighted by Gasteiger charge is 2.56. The van der Waals surface area contributed by atoms with Gasteiger partial charge in [0.05, 0.1) is 0 Å². The molecule has 2 heteroatoms. The van der Waals surface area contributed by atoms with Crippen molar-refractivity contribution in [3.05, 3.63) is 11.6 Å². The zero-order valence-corrected chi connectivity index (χ0v) is 9.95. The summed E-state index contributed by atoms with van der Waals surface area (Å²) in [6.07, 6.45) is 5.02. The Balaban J connectivity index is 2.09. The van der Waals surface area contributed by atoms with Crippen LogP contribution in [0.3, 0.4) is 0 Å². The van der Waals surface area contributed by atoms with Crippen LogP contribution >= 0.6 is 0 Å². The average molecular weight is 218 g/mol. The van der Waals surface area contributed by atoms with E-state index in [0.717, 1.165) is 12.8 Å². The van der Waals surface area contributed by atoms with Crippen molar-refractivity contribution in [1.29, 1.82) is 0 Å². The standard InChI is InChI=1S/C14H18O2/c1-8-3-10(15)4-9-6-14(2)7-11(16)5-12(9)13(8)14/h3,9,12-13H,4-7H2,1-2H3/t9?,12-,13+,14+/m0/s1. The second-order valence-electron chi connectivity index (χ2n) is 6.24. The Morgan fingerprint density at radius 3 is 2.81 bits per heavy atom. The van der Waals surface area contributed by atoms with Crippen molar-refractivity contribution in [3.8, 4) is 0 Å². The van der Waals surface area contributed by atoms with Crippen LogP contribution in [0.15, 0.2) is 11.6 Å². The lowest BCUT2D eigenvalue weighted by Gasteiger charge is -2.38. The summed E-state index contributed by atoms with van der Waals surface area (Å²) in [7, 11) is 0. The number of carbonyl (C=O) groups is 2. The van der Waals surface area contributed by atoms with Crippen LogP contribution < -0.4 is 0 Å². The highest BCUT2D eigenvalue weighted by atomic mass is 16.1. The van der Waals surface area contributed by atoms with Gasteiger partial charge in [0, 0.05) is 19.3 Å². The van der Waals surface area contributed by atoms with Gasteiger partial charge in [0.1, 0.15) is 5.78 Å². The number of carbonyl (C=O) groups excluding carboxylic acids is 2. The van der Waals surface area contributed by atoms with Gasteiger partial charge < -0.3 is 0 Å². The highest BCUT2D eigenvalue weighted by Crippen LogP contribution is 2.61. The maximum atomic E-state index is 11.8. The summed E-state index contributed by atoms with van der Waals surface area (Å²) in [5.74, 6) is 2.08. The molecule has 0 aromatic carbocycles. The molecule has 3 aliphatic carbocycles. The first kappa shape index (κ1) is 10.2. The van der Waals surface area contributed by atoms with Crippen molar-refractivity contribution in [2.45, 2.75) is 39.5 Å². The van der Waals surface area contributed by atoms with Gasteiger partial charge in [0.25, 0.3) is 0 Å². The van der Waals surface area contributed by atoms with Crippen LogP contribution in [0, 0.1) is 23.2 Å². The molecule has 2 saturated carbocycles. The minimum Gasteiger partial charge on any atom is -0.300 e. The smallest absolute Gasteiger partial charge is 0.155 e. The minimum atomic E-state index is 0.145. The van der Waals surface area contributed by atoms with Crippen LogP contribution in [0.5, 0.6) is 0 Å². The van der Waals surface area contributed by atoms with Gasteiger partial charge in [0.15, 0.2) is 5.78 Å². The lowest BCUT2D eigenvalue weighted by atomic mass is 9.65. The second kappa shape index (κ2) is 3.06. The normalized spacial score (nSPS) is 46.6. The maximum Gasteiger partial charge on any atom is 0.155 e. The third-order valence-corrected chi connectivity index (χ3v) is 4.92. The summed E-state index contributed by atoms with van der Waals surface area (Å²) < 4.78 is 0. The third-order valence-electron chi connectivity index (χ3n) is 4.92. The molecule has 4 atom stereocenters. The molecule has 1 unspecified atom stereocenters. The van der Waals surface area contributed by atoms with Gasteiger partial charge >= 0.3 is 0 Å². The average Bonchev–Trinajstić information content (AvgIpc) is 2.23. The van der Waals surface area contributed by atoms with Crippen LogP contribution in [0.2, 0.25) is 0 Å². The summed E-state index contributed by atoms with van der Waals surface area (Å²) in [6, 6.07) is 0. The molecule has 2 fully saturated rings. The number of rotatable bonds is 0. The number of ketones is 2. The van der Waals surface area contributed by atoms with Crippen molar-refractivity contribution >= 4 is 11.6 Å². The van der Waals surface area contributed by atoms with Crippen molar-refractivity contribution in [1.82, 2.24) is 0 Å². The number of allylic oxidation sites excluding steroid dienone is 2. The van der Waals surface area contributed by atoms with Gasteiger partial charge in [-0.25, -0.2) is 0 Å². The van der Waals surface area contributed by atoms with E-state index in [-0.39, 0.29) is 11.2 Å². The van der Waals surface area contributed by atoms with E-state index in [2.05, 4.69) is 13.8 Å². The van der Waals surface area contributed by atoms with E-state index in [9.17, 15) is 9.59 Å². The first-order chi connectivity index (χ1) is 7.49. The summed E-state index contributed by atoms with van der Waals surface area (Å²) in [5.41, 5.74) is 1.37.